The van der Waals surface area contributed by atoms with Crippen LogP contribution in [0.15, 0.2) is 42.7 Å². The zero-order valence-corrected chi connectivity index (χ0v) is 19.8. The summed E-state index contributed by atoms with van der Waals surface area (Å²) in [4.78, 5) is 26.6. The van der Waals surface area contributed by atoms with Crippen LogP contribution in [0.25, 0.3) is 5.69 Å². The summed E-state index contributed by atoms with van der Waals surface area (Å²) in [6.45, 7) is 2.50. The molecule has 1 N–H and O–H groups in total. The number of hydrogen-bond donors (Lipinski definition) is 1. The van der Waals surface area contributed by atoms with Gasteiger partial charge < -0.3 is 14.7 Å². The molecule has 1 aliphatic carbocycles. The van der Waals surface area contributed by atoms with Gasteiger partial charge in [-0.3, -0.25) is 9.48 Å². The Labute approximate surface area is 203 Å². The molecule has 35 heavy (non-hydrogen) atoms. The molecule has 0 spiro atoms. The van der Waals surface area contributed by atoms with Gasteiger partial charge in [-0.2, -0.15) is 10.2 Å². The molecule has 2 atom stereocenters. The lowest BCUT2D eigenvalue weighted by molar-refractivity contribution is -0.137. The molecule has 3 aromatic rings. The Balaban J connectivity index is 1.56. The van der Waals surface area contributed by atoms with E-state index < -0.39 is 11.6 Å². The number of amides is 1. The molecular formula is C26H27N5O4. The fourth-order valence-corrected chi connectivity index (χ4v) is 4.82. The molecule has 9 nitrogen and oxygen atoms in total. The minimum atomic E-state index is -1.66. The lowest BCUT2D eigenvalue weighted by Crippen LogP contribution is -2.37. The van der Waals surface area contributed by atoms with Crippen LogP contribution in [0.3, 0.4) is 0 Å². The van der Waals surface area contributed by atoms with Crippen LogP contribution in [-0.2, 0) is 16.0 Å². The minimum absolute atomic E-state index is 0.107. The van der Waals surface area contributed by atoms with Crippen molar-refractivity contribution in [1.29, 1.82) is 0 Å². The number of likely N-dealkylation sites (N-methyl/N-ethyl adjacent to an activating group) is 1. The second kappa shape index (κ2) is 9.04. The van der Waals surface area contributed by atoms with E-state index in [-0.39, 0.29) is 25.0 Å². The molecule has 1 saturated heterocycles. The molecule has 2 aliphatic rings. The van der Waals surface area contributed by atoms with E-state index in [0.29, 0.717) is 17.8 Å². The Hall–Kier alpha value is -3.90. The Bertz CT molecular complexity index is 1330. The van der Waals surface area contributed by atoms with Crippen molar-refractivity contribution in [3.63, 3.8) is 0 Å². The highest BCUT2D eigenvalue weighted by Crippen LogP contribution is 2.36. The maximum atomic E-state index is 12.9. The third kappa shape index (κ3) is 4.10. The first-order valence-electron chi connectivity index (χ1n) is 11.8. The lowest BCUT2D eigenvalue weighted by Gasteiger charge is -2.24. The van der Waals surface area contributed by atoms with Crippen LogP contribution in [0.4, 0.5) is 0 Å². The van der Waals surface area contributed by atoms with Gasteiger partial charge in [0.1, 0.15) is 0 Å². The summed E-state index contributed by atoms with van der Waals surface area (Å²) in [5, 5.41) is 19.7. The van der Waals surface area contributed by atoms with Crippen LogP contribution in [0, 0.1) is 11.8 Å². The second-order valence-corrected chi connectivity index (χ2v) is 8.87. The van der Waals surface area contributed by atoms with E-state index in [1.165, 1.54) is 4.90 Å². The molecule has 1 amide bonds. The second-order valence-electron chi connectivity index (χ2n) is 8.87. The number of nitrogens with zero attached hydrogens (tertiary/aromatic N) is 5. The highest BCUT2D eigenvalue weighted by atomic mass is 16.5. The molecule has 0 radical (unpaired) electrons. The van der Waals surface area contributed by atoms with Gasteiger partial charge >= 0.3 is 5.97 Å². The van der Waals surface area contributed by atoms with E-state index >= 15 is 0 Å². The molecular weight excluding hydrogens is 446 g/mol. The number of rotatable bonds is 4. The summed E-state index contributed by atoms with van der Waals surface area (Å²) < 4.78 is 8.98. The van der Waals surface area contributed by atoms with Crippen molar-refractivity contribution in [3.05, 3.63) is 65.2 Å². The fourth-order valence-electron chi connectivity index (χ4n) is 4.82. The molecule has 3 heterocycles. The first-order valence-corrected chi connectivity index (χ1v) is 11.8. The third-order valence-electron chi connectivity index (χ3n) is 6.57. The molecule has 9 heteroatoms. The largest absolute Gasteiger partial charge is 0.461 e. The number of hydrogen-bond acceptors (Lipinski definition) is 6. The monoisotopic (exact) mass is 473 g/mol. The summed E-state index contributed by atoms with van der Waals surface area (Å²) in [6, 6.07) is 9.17. The van der Waals surface area contributed by atoms with Gasteiger partial charge in [-0.05, 0) is 50.5 Å². The summed E-state index contributed by atoms with van der Waals surface area (Å²) >= 11 is 0. The van der Waals surface area contributed by atoms with Gasteiger partial charge in [-0.25, -0.2) is 9.48 Å². The molecule has 1 aliphatic heterocycles. The van der Waals surface area contributed by atoms with Gasteiger partial charge in [-0.15, -0.1) is 0 Å². The molecule has 0 bridgehead atoms. The van der Waals surface area contributed by atoms with Crippen molar-refractivity contribution in [2.75, 3.05) is 20.2 Å². The molecule has 1 fully saturated rings. The molecule has 0 saturated carbocycles. The maximum Gasteiger partial charge on any atom is 0.359 e. The Morgan fingerprint density at radius 2 is 2.20 bits per heavy atom. The van der Waals surface area contributed by atoms with Crippen molar-refractivity contribution in [2.45, 2.75) is 44.2 Å². The van der Waals surface area contributed by atoms with E-state index in [2.05, 4.69) is 16.9 Å². The molecule has 180 valence electrons. The average molecular weight is 474 g/mol. The number of aliphatic hydroxyl groups is 1. The van der Waals surface area contributed by atoms with Crippen molar-refractivity contribution in [2.24, 2.45) is 0 Å². The molecule has 2 unspecified atom stereocenters. The Morgan fingerprint density at radius 3 is 2.91 bits per heavy atom. The van der Waals surface area contributed by atoms with Crippen molar-refractivity contribution < 1.29 is 19.4 Å². The van der Waals surface area contributed by atoms with Crippen molar-refractivity contribution in [1.82, 2.24) is 24.5 Å². The van der Waals surface area contributed by atoms with Crippen molar-refractivity contribution in [3.8, 4) is 17.5 Å². The predicted octanol–water partition coefficient (Wildman–Crippen LogP) is 2.12. The van der Waals surface area contributed by atoms with Crippen LogP contribution in [0.1, 0.15) is 59.5 Å². The fraction of sp³-hybridized carbons (Fsp3) is 0.385. The van der Waals surface area contributed by atoms with Crippen LogP contribution < -0.4 is 0 Å². The quantitative estimate of drug-likeness (QED) is 0.460. The highest BCUT2D eigenvalue weighted by Gasteiger charge is 2.42. The SMILES string of the molecule is CCOC(=O)c1nn(-c2cccc(C#CC3(O)CCN(C)C3=O)c2)c2c1C(n1cccn1)CCC2. The highest BCUT2D eigenvalue weighted by molar-refractivity contribution is 5.91. The van der Waals surface area contributed by atoms with Crippen molar-refractivity contribution >= 4 is 11.9 Å². The van der Waals surface area contributed by atoms with Gasteiger partial charge in [-0.1, -0.05) is 17.9 Å². The normalized spacial score (nSPS) is 21.4. The first kappa shape index (κ1) is 22.9. The first-order chi connectivity index (χ1) is 16.9. The van der Waals surface area contributed by atoms with E-state index in [1.807, 2.05) is 41.2 Å². The third-order valence-corrected chi connectivity index (χ3v) is 6.57. The lowest BCUT2D eigenvalue weighted by atomic mass is 9.90. The zero-order valence-electron chi connectivity index (χ0n) is 19.8. The van der Waals surface area contributed by atoms with Crippen LogP contribution in [0.5, 0.6) is 0 Å². The summed E-state index contributed by atoms with van der Waals surface area (Å²) in [5.74, 6) is 4.88. The number of esters is 1. The average Bonchev–Trinajstić information content (AvgIpc) is 3.59. The van der Waals surface area contributed by atoms with E-state index in [0.717, 1.165) is 36.2 Å². The van der Waals surface area contributed by atoms with E-state index in [1.54, 1.807) is 24.9 Å². The standard InChI is InChI=1S/C26H27N5O4/c1-3-35-24(32)23-22-20(30-15-6-14-27-30)9-5-10-21(22)31(28-23)19-8-4-7-18(17-19)11-12-26(34)13-16-29(2)25(26)33/h4,6-8,14-15,17,20,34H,3,5,9-10,13,16H2,1-2H3. The van der Waals surface area contributed by atoms with Gasteiger partial charge in [0, 0.05) is 43.5 Å². The topological polar surface area (TPSA) is 102 Å². The molecule has 5 rings (SSSR count). The Kier molecular flexibility index (Phi) is 5.91. The summed E-state index contributed by atoms with van der Waals surface area (Å²) in [7, 11) is 1.65. The van der Waals surface area contributed by atoms with Crippen LogP contribution in [0.2, 0.25) is 0 Å². The number of carbonyl (C=O) groups is 2. The number of benzene rings is 1. The van der Waals surface area contributed by atoms with Gasteiger partial charge in [0.25, 0.3) is 5.91 Å². The molecule has 1 aromatic carbocycles. The molecule has 2 aromatic heterocycles. The maximum absolute atomic E-state index is 12.9. The van der Waals surface area contributed by atoms with E-state index in [4.69, 9.17) is 9.84 Å². The van der Waals surface area contributed by atoms with Gasteiger partial charge in [0.15, 0.2) is 5.69 Å². The predicted molar refractivity (Wildman–Crippen MR) is 127 cm³/mol. The van der Waals surface area contributed by atoms with Crippen LogP contribution in [-0.4, -0.2) is 67.2 Å². The number of fused-ring (bicyclic) bond motifs is 1. The van der Waals surface area contributed by atoms with Gasteiger partial charge in [0.2, 0.25) is 5.60 Å². The number of carbonyl (C=O) groups excluding carboxylic acids is 2. The minimum Gasteiger partial charge on any atom is -0.461 e. The summed E-state index contributed by atoms with van der Waals surface area (Å²) in [5.41, 5.74) is 1.79. The smallest absolute Gasteiger partial charge is 0.359 e. The van der Waals surface area contributed by atoms with Crippen LogP contribution >= 0.6 is 0 Å². The number of aromatic nitrogens is 4. The number of ether oxygens (including phenoxy) is 1. The van der Waals surface area contributed by atoms with E-state index in [9.17, 15) is 14.7 Å². The van der Waals surface area contributed by atoms with Gasteiger partial charge in [0.05, 0.1) is 24.0 Å². The number of likely N-dealkylation sites (tertiary alicyclic amines) is 1. The summed E-state index contributed by atoms with van der Waals surface area (Å²) in [6.07, 6.45) is 6.43. The zero-order chi connectivity index (χ0) is 24.6. The Morgan fingerprint density at radius 1 is 1.34 bits per heavy atom.